The van der Waals surface area contributed by atoms with E-state index in [4.69, 9.17) is 0 Å². The molecule has 0 aliphatic heterocycles. The summed E-state index contributed by atoms with van der Waals surface area (Å²) in [4.78, 5) is 0. The first-order valence-corrected chi connectivity index (χ1v) is 9.21. The van der Waals surface area contributed by atoms with Gasteiger partial charge < -0.3 is 5.11 Å². The number of hydrogen-bond donors (Lipinski definition) is 1. The third kappa shape index (κ3) is 1.77. The van der Waals surface area contributed by atoms with Gasteiger partial charge in [-0.1, -0.05) is 20.3 Å². The smallest absolute Gasteiger partial charge is 0.0543 e. The minimum absolute atomic E-state index is 0.00459. The van der Waals surface area contributed by atoms with E-state index >= 15 is 0 Å². The lowest BCUT2D eigenvalue weighted by Crippen LogP contribution is -2.53. The number of aliphatic hydroxyl groups is 1. The van der Waals surface area contributed by atoms with Gasteiger partial charge in [0.25, 0.3) is 0 Å². The minimum atomic E-state index is 0.00459. The van der Waals surface area contributed by atoms with E-state index in [1.165, 1.54) is 51.4 Å². The Balaban J connectivity index is 1.62. The van der Waals surface area contributed by atoms with Crippen molar-refractivity contribution in [2.75, 3.05) is 0 Å². The molecule has 0 aromatic rings. The molecule has 1 heteroatoms. The predicted octanol–water partition coefficient (Wildman–Crippen LogP) is 4.78. The fourth-order valence-electron chi connectivity index (χ4n) is 7.23. The molecule has 114 valence electrons. The largest absolute Gasteiger partial charge is 0.393 e. The van der Waals surface area contributed by atoms with Gasteiger partial charge in [-0.25, -0.2) is 0 Å². The van der Waals surface area contributed by atoms with E-state index in [-0.39, 0.29) is 6.10 Å². The Bertz CT molecular complexity index is 391. The van der Waals surface area contributed by atoms with Gasteiger partial charge in [0.2, 0.25) is 0 Å². The standard InChI is InChI=1S/C19H32O/c1-18-9-3-4-16(18)15-6-5-13-12-14(20)7-11-19(13,2)17(15)8-10-18/h13-17,20H,3-12H2,1-2H3/t13-,14?,15+,16?,17?,18+,19+/m0/s1. The van der Waals surface area contributed by atoms with Crippen LogP contribution in [0, 0.1) is 34.5 Å². The predicted molar refractivity (Wildman–Crippen MR) is 82.4 cm³/mol. The summed E-state index contributed by atoms with van der Waals surface area (Å²) in [6, 6.07) is 0. The van der Waals surface area contributed by atoms with E-state index in [2.05, 4.69) is 13.8 Å². The summed E-state index contributed by atoms with van der Waals surface area (Å²) in [5.74, 6) is 3.85. The zero-order chi connectivity index (χ0) is 14.0. The summed E-state index contributed by atoms with van der Waals surface area (Å²) >= 11 is 0. The molecule has 4 fully saturated rings. The first-order chi connectivity index (χ1) is 9.53. The Hall–Kier alpha value is -0.0400. The Kier molecular flexibility index (Phi) is 3.05. The minimum Gasteiger partial charge on any atom is -0.393 e. The van der Waals surface area contributed by atoms with Crippen LogP contribution in [0.15, 0.2) is 0 Å². The van der Waals surface area contributed by atoms with Crippen molar-refractivity contribution in [2.24, 2.45) is 34.5 Å². The highest BCUT2D eigenvalue weighted by Gasteiger charge is 2.57. The lowest BCUT2D eigenvalue weighted by Gasteiger charge is -2.60. The fourth-order valence-corrected chi connectivity index (χ4v) is 7.23. The van der Waals surface area contributed by atoms with Crippen LogP contribution in [0.5, 0.6) is 0 Å². The molecule has 0 aromatic heterocycles. The molecule has 1 nitrogen and oxygen atoms in total. The molecule has 1 N–H and O–H groups in total. The van der Waals surface area contributed by atoms with Crippen molar-refractivity contribution in [3.63, 3.8) is 0 Å². The third-order valence-corrected chi connectivity index (χ3v) is 8.42. The van der Waals surface area contributed by atoms with Gasteiger partial charge in [0.1, 0.15) is 0 Å². The molecule has 0 spiro atoms. The Morgan fingerprint density at radius 1 is 0.850 bits per heavy atom. The molecule has 4 aliphatic carbocycles. The van der Waals surface area contributed by atoms with E-state index in [1.807, 2.05) is 0 Å². The van der Waals surface area contributed by atoms with E-state index in [0.717, 1.165) is 36.5 Å². The van der Waals surface area contributed by atoms with Gasteiger partial charge >= 0.3 is 0 Å². The van der Waals surface area contributed by atoms with Crippen LogP contribution in [0.25, 0.3) is 0 Å². The molecular weight excluding hydrogens is 244 g/mol. The molecule has 3 unspecified atom stereocenters. The van der Waals surface area contributed by atoms with Crippen molar-refractivity contribution >= 4 is 0 Å². The summed E-state index contributed by atoms with van der Waals surface area (Å²) in [6.07, 6.45) is 13.8. The van der Waals surface area contributed by atoms with E-state index in [0.29, 0.717) is 10.8 Å². The van der Waals surface area contributed by atoms with E-state index < -0.39 is 0 Å². The van der Waals surface area contributed by atoms with Gasteiger partial charge in [-0.3, -0.25) is 0 Å². The molecule has 0 aromatic carbocycles. The molecular formula is C19H32O. The summed E-state index contributed by atoms with van der Waals surface area (Å²) < 4.78 is 0. The van der Waals surface area contributed by atoms with Gasteiger partial charge in [-0.2, -0.15) is 0 Å². The van der Waals surface area contributed by atoms with Crippen LogP contribution in [0.4, 0.5) is 0 Å². The molecule has 4 saturated carbocycles. The van der Waals surface area contributed by atoms with Gasteiger partial charge in [-0.15, -0.1) is 0 Å². The van der Waals surface area contributed by atoms with Crippen molar-refractivity contribution in [1.29, 1.82) is 0 Å². The number of hydrogen-bond acceptors (Lipinski definition) is 1. The van der Waals surface area contributed by atoms with Crippen LogP contribution in [0.3, 0.4) is 0 Å². The Labute approximate surface area is 124 Å². The third-order valence-electron chi connectivity index (χ3n) is 8.42. The molecule has 0 saturated heterocycles. The molecule has 0 radical (unpaired) electrons. The maximum atomic E-state index is 10.0. The molecule has 4 rings (SSSR count). The van der Waals surface area contributed by atoms with Crippen LogP contribution >= 0.6 is 0 Å². The summed E-state index contributed by atoms with van der Waals surface area (Å²) in [7, 11) is 0. The second-order valence-corrected chi connectivity index (χ2v) is 9.17. The maximum Gasteiger partial charge on any atom is 0.0543 e. The summed E-state index contributed by atoms with van der Waals surface area (Å²) in [5, 5.41) is 10.0. The topological polar surface area (TPSA) is 20.2 Å². The van der Waals surface area contributed by atoms with Gasteiger partial charge in [0, 0.05) is 0 Å². The lowest BCUT2D eigenvalue weighted by molar-refractivity contribution is -0.120. The van der Waals surface area contributed by atoms with Crippen molar-refractivity contribution in [3.05, 3.63) is 0 Å². The molecule has 0 amide bonds. The second-order valence-electron chi connectivity index (χ2n) is 9.17. The average Bonchev–Trinajstić information content (AvgIpc) is 2.81. The SMILES string of the molecule is C[C@]12CCCC1[C@H]1CC[C@H]3CC(O)CC[C@@]3(C)C1CC2. The van der Waals surface area contributed by atoms with Crippen LogP contribution < -0.4 is 0 Å². The van der Waals surface area contributed by atoms with Crippen molar-refractivity contribution < 1.29 is 5.11 Å². The highest BCUT2D eigenvalue weighted by Crippen LogP contribution is 2.66. The highest BCUT2D eigenvalue weighted by molar-refractivity contribution is 5.07. The van der Waals surface area contributed by atoms with Crippen LogP contribution in [0.1, 0.15) is 78.1 Å². The van der Waals surface area contributed by atoms with Crippen LogP contribution in [-0.4, -0.2) is 11.2 Å². The lowest BCUT2D eigenvalue weighted by atomic mass is 9.45. The average molecular weight is 276 g/mol. The molecule has 20 heavy (non-hydrogen) atoms. The Morgan fingerprint density at radius 3 is 2.55 bits per heavy atom. The highest BCUT2D eigenvalue weighted by atomic mass is 16.3. The van der Waals surface area contributed by atoms with Crippen molar-refractivity contribution in [3.8, 4) is 0 Å². The van der Waals surface area contributed by atoms with Gasteiger partial charge in [0.15, 0.2) is 0 Å². The van der Waals surface area contributed by atoms with Crippen molar-refractivity contribution in [1.82, 2.24) is 0 Å². The number of fused-ring (bicyclic) bond motifs is 5. The molecule has 0 heterocycles. The van der Waals surface area contributed by atoms with E-state index in [9.17, 15) is 5.11 Å². The maximum absolute atomic E-state index is 10.0. The fraction of sp³-hybridized carbons (Fsp3) is 1.00. The van der Waals surface area contributed by atoms with E-state index in [1.54, 1.807) is 0 Å². The van der Waals surface area contributed by atoms with Gasteiger partial charge in [-0.05, 0) is 92.3 Å². The van der Waals surface area contributed by atoms with Gasteiger partial charge in [0.05, 0.1) is 6.10 Å². The van der Waals surface area contributed by atoms with Crippen molar-refractivity contribution in [2.45, 2.75) is 84.2 Å². The molecule has 4 aliphatic rings. The number of rotatable bonds is 0. The second kappa shape index (κ2) is 4.48. The zero-order valence-corrected chi connectivity index (χ0v) is 13.4. The number of aliphatic hydroxyl groups excluding tert-OH is 1. The molecule has 7 atom stereocenters. The monoisotopic (exact) mass is 276 g/mol. The zero-order valence-electron chi connectivity index (χ0n) is 13.4. The van der Waals surface area contributed by atoms with Crippen LogP contribution in [0.2, 0.25) is 0 Å². The quantitative estimate of drug-likeness (QED) is 0.675. The molecule has 0 bridgehead atoms. The first-order valence-electron chi connectivity index (χ1n) is 9.21. The first kappa shape index (κ1) is 13.6. The normalized spacial score (nSPS) is 58.6. The van der Waals surface area contributed by atoms with Crippen LogP contribution in [-0.2, 0) is 0 Å². The Morgan fingerprint density at radius 2 is 1.70 bits per heavy atom. The summed E-state index contributed by atoms with van der Waals surface area (Å²) in [5.41, 5.74) is 1.25. The summed E-state index contributed by atoms with van der Waals surface area (Å²) in [6.45, 7) is 5.19.